The van der Waals surface area contributed by atoms with Gasteiger partial charge in [-0.05, 0) is 46.9 Å². The lowest BCUT2D eigenvalue weighted by atomic mass is 10.2. The summed E-state index contributed by atoms with van der Waals surface area (Å²) in [5.74, 6) is -0.594. The van der Waals surface area contributed by atoms with Gasteiger partial charge in [-0.2, -0.15) is 0 Å². The normalized spacial score (nSPS) is 10.8. The lowest BCUT2D eigenvalue weighted by molar-refractivity contribution is 0.0800. The van der Waals surface area contributed by atoms with Crippen molar-refractivity contribution in [3.8, 4) is 0 Å². The molecule has 0 fully saturated rings. The van der Waals surface area contributed by atoms with Crippen molar-refractivity contribution in [1.82, 2.24) is 9.88 Å². The van der Waals surface area contributed by atoms with Crippen LogP contribution in [-0.2, 0) is 0 Å². The van der Waals surface area contributed by atoms with Gasteiger partial charge in [-0.25, -0.2) is 4.39 Å². The van der Waals surface area contributed by atoms with E-state index in [0.717, 1.165) is 3.57 Å². The molecule has 0 saturated carbocycles. The van der Waals surface area contributed by atoms with Gasteiger partial charge < -0.3 is 14.6 Å². The zero-order valence-corrected chi connectivity index (χ0v) is 14.6. The Balaban J connectivity index is 2.14. The number of rotatable bonds is 3. The van der Waals surface area contributed by atoms with Gasteiger partial charge in [0, 0.05) is 30.1 Å². The molecular formula is C16H13FIN3O2. The van der Waals surface area contributed by atoms with Crippen LogP contribution in [0.1, 0.15) is 10.6 Å². The summed E-state index contributed by atoms with van der Waals surface area (Å²) in [6.07, 6.45) is 3.16. The number of aromatic nitrogens is 1. The summed E-state index contributed by atoms with van der Waals surface area (Å²) >= 11 is 2.04. The molecule has 3 aromatic rings. The maximum Gasteiger partial charge on any atom is 0.291 e. The minimum absolute atomic E-state index is 0.121. The predicted octanol–water partition coefficient (Wildman–Crippen LogP) is 4.02. The first-order valence-corrected chi connectivity index (χ1v) is 7.85. The first kappa shape index (κ1) is 15.7. The number of nitrogens with one attached hydrogen (secondary N) is 1. The van der Waals surface area contributed by atoms with Gasteiger partial charge >= 0.3 is 0 Å². The summed E-state index contributed by atoms with van der Waals surface area (Å²) in [4.78, 5) is 17.8. The second-order valence-corrected chi connectivity index (χ2v) is 6.37. The van der Waals surface area contributed by atoms with Gasteiger partial charge in [-0.15, -0.1) is 0 Å². The van der Waals surface area contributed by atoms with E-state index >= 15 is 0 Å². The van der Waals surface area contributed by atoms with E-state index in [1.54, 1.807) is 44.7 Å². The van der Waals surface area contributed by atoms with Crippen molar-refractivity contribution < 1.29 is 13.6 Å². The molecule has 23 heavy (non-hydrogen) atoms. The Kier molecular flexibility index (Phi) is 4.20. The number of anilines is 2. The van der Waals surface area contributed by atoms with Gasteiger partial charge in [-0.1, -0.05) is 0 Å². The van der Waals surface area contributed by atoms with Gasteiger partial charge in [0.05, 0.1) is 11.1 Å². The van der Waals surface area contributed by atoms with E-state index in [-0.39, 0.29) is 17.4 Å². The molecular weight excluding hydrogens is 412 g/mol. The highest BCUT2D eigenvalue weighted by Gasteiger charge is 2.23. The van der Waals surface area contributed by atoms with Crippen LogP contribution >= 0.6 is 22.6 Å². The molecule has 2 heterocycles. The van der Waals surface area contributed by atoms with Crippen molar-refractivity contribution in [3.05, 3.63) is 51.8 Å². The average Bonchev–Trinajstić information content (AvgIpc) is 2.88. The zero-order valence-electron chi connectivity index (χ0n) is 12.4. The standard InChI is InChI=1S/C16H13FIN3O2/c1-21(2)16(22)15-14(10-8-19-6-5-13(10)23-15)20-12-4-3-9(18)7-11(12)17/h3-8,20H,1-2H3. The molecule has 0 bridgehead atoms. The number of benzene rings is 1. The summed E-state index contributed by atoms with van der Waals surface area (Å²) < 4.78 is 20.6. The van der Waals surface area contributed by atoms with Crippen LogP contribution in [-0.4, -0.2) is 29.9 Å². The molecule has 0 unspecified atom stereocenters. The number of halogens is 2. The van der Waals surface area contributed by atoms with Crippen molar-refractivity contribution in [2.75, 3.05) is 19.4 Å². The Bertz CT molecular complexity index is 892. The van der Waals surface area contributed by atoms with E-state index in [9.17, 15) is 9.18 Å². The second-order valence-electron chi connectivity index (χ2n) is 5.13. The van der Waals surface area contributed by atoms with Crippen LogP contribution in [0.5, 0.6) is 0 Å². The molecule has 1 N–H and O–H groups in total. The Morgan fingerprint density at radius 3 is 2.83 bits per heavy atom. The van der Waals surface area contributed by atoms with Crippen molar-refractivity contribution in [2.24, 2.45) is 0 Å². The third-order valence-corrected chi connectivity index (χ3v) is 3.95. The number of carbonyl (C=O) groups excluding carboxylic acids is 1. The SMILES string of the molecule is CN(C)C(=O)c1oc2ccncc2c1Nc1ccc(I)cc1F. The molecule has 0 aliphatic heterocycles. The Hall–Kier alpha value is -2.16. The lowest BCUT2D eigenvalue weighted by Gasteiger charge is -2.11. The van der Waals surface area contributed by atoms with Gasteiger partial charge in [0.25, 0.3) is 5.91 Å². The highest BCUT2D eigenvalue weighted by molar-refractivity contribution is 14.1. The van der Waals surface area contributed by atoms with Crippen LogP contribution < -0.4 is 5.32 Å². The zero-order chi connectivity index (χ0) is 16.6. The molecule has 0 saturated heterocycles. The smallest absolute Gasteiger partial charge is 0.291 e. The summed E-state index contributed by atoms with van der Waals surface area (Å²) in [7, 11) is 3.26. The highest BCUT2D eigenvalue weighted by atomic mass is 127. The third kappa shape index (κ3) is 3.00. The molecule has 118 valence electrons. The fourth-order valence-corrected chi connectivity index (χ4v) is 2.60. The van der Waals surface area contributed by atoms with E-state index in [0.29, 0.717) is 16.7 Å². The van der Waals surface area contributed by atoms with Gasteiger partial charge in [0.2, 0.25) is 5.76 Å². The molecule has 7 heteroatoms. The number of carbonyl (C=O) groups is 1. The van der Waals surface area contributed by atoms with Crippen molar-refractivity contribution in [1.29, 1.82) is 0 Å². The predicted molar refractivity (Wildman–Crippen MR) is 94.4 cm³/mol. The minimum atomic E-state index is -0.404. The summed E-state index contributed by atoms with van der Waals surface area (Å²) in [6.45, 7) is 0. The largest absolute Gasteiger partial charge is 0.448 e. The monoisotopic (exact) mass is 425 g/mol. The summed E-state index contributed by atoms with van der Waals surface area (Å²) in [6, 6.07) is 6.48. The summed E-state index contributed by atoms with van der Waals surface area (Å²) in [5.41, 5.74) is 1.19. The number of hydrogen-bond acceptors (Lipinski definition) is 4. The molecule has 0 radical (unpaired) electrons. The second kappa shape index (κ2) is 6.15. The van der Waals surface area contributed by atoms with Crippen molar-refractivity contribution >= 4 is 50.8 Å². The first-order chi connectivity index (χ1) is 11.0. The highest BCUT2D eigenvalue weighted by Crippen LogP contribution is 2.34. The molecule has 3 rings (SSSR count). The molecule has 1 aromatic carbocycles. The molecule has 1 amide bonds. The van der Waals surface area contributed by atoms with E-state index in [1.165, 1.54) is 11.0 Å². The average molecular weight is 425 g/mol. The quantitative estimate of drug-likeness (QED) is 0.645. The fourth-order valence-electron chi connectivity index (χ4n) is 2.15. The number of fused-ring (bicyclic) bond motifs is 1. The fraction of sp³-hybridized carbons (Fsp3) is 0.125. The van der Waals surface area contributed by atoms with Crippen LogP contribution in [0.15, 0.2) is 41.1 Å². The minimum Gasteiger partial charge on any atom is -0.448 e. The van der Waals surface area contributed by atoms with Crippen LogP contribution in [0.2, 0.25) is 0 Å². The number of furan rings is 1. The van der Waals surface area contributed by atoms with Crippen LogP contribution in [0.3, 0.4) is 0 Å². The van der Waals surface area contributed by atoms with Crippen LogP contribution in [0.25, 0.3) is 11.0 Å². The maximum absolute atomic E-state index is 14.1. The number of hydrogen-bond donors (Lipinski definition) is 1. The van der Waals surface area contributed by atoms with Gasteiger partial charge in [0.15, 0.2) is 0 Å². The molecule has 0 spiro atoms. The van der Waals surface area contributed by atoms with Crippen LogP contribution in [0.4, 0.5) is 15.8 Å². The lowest BCUT2D eigenvalue weighted by Crippen LogP contribution is -2.21. The molecule has 2 aromatic heterocycles. The number of nitrogens with zero attached hydrogens (tertiary/aromatic N) is 2. The van der Waals surface area contributed by atoms with E-state index in [1.807, 2.05) is 22.6 Å². The Labute approximate surface area is 145 Å². The van der Waals surface area contributed by atoms with E-state index in [2.05, 4.69) is 10.3 Å². The van der Waals surface area contributed by atoms with Crippen molar-refractivity contribution in [2.45, 2.75) is 0 Å². The van der Waals surface area contributed by atoms with E-state index < -0.39 is 5.82 Å². The molecule has 0 aliphatic carbocycles. The van der Waals surface area contributed by atoms with Crippen LogP contribution in [0, 0.1) is 9.39 Å². The van der Waals surface area contributed by atoms with Gasteiger partial charge in [0.1, 0.15) is 17.1 Å². The molecule has 5 nitrogen and oxygen atoms in total. The summed E-state index contributed by atoms with van der Waals surface area (Å²) in [5, 5.41) is 3.59. The molecule has 0 atom stereocenters. The Morgan fingerprint density at radius 2 is 2.13 bits per heavy atom. The third-order valence-electron chi connectivity index (χ3n) is 3.28. The van der Waals surface area contributed by atoms with E-state index in [4.69, 9.17) is 4.42 Å². The number of amides is 1. The topological polar surface area (TPSA) is 58.4 Å². The molecule has 0 aliphatic rings. The van der Waals surface area contributed by atoms with Crippen molar-refractivity contribution in [3.63, 3.8) is 0 Å². The van der Waals surface area contributed by atoms with Gasteiger partial charge in [-0.3, -0.25) is 9.78 Å². The first-order valence-electron chi connectivity index (χ1n) is 6.77. The Morgan fingerprint density at radius 1 is 1.35 bits per heavy atom. The maximum atomic E-state index is 14.1. The number of pyridine rings is 1.